The molecule has 1 aromatic heterocycles. The van der Waals surface area contributed by atoms with Crippen LogP contribution in [-0.4, -0.2) is 34.8 Å². The lowest BCUT2D eigenvalue weighted by Crippen LogP contribution is -2.18. The number of aromatic amines is 1. The van der Waals surface area contributed by atoms with Gasteiger partial charge in [-0.25, -0.2) is 4.79 Å². The highest BCUT2D eigenvalue weighted by Crippen LogP contribution is 2.47. The summed E-state index contributed by atoms with van der Waals surface area (Å²) in [6.45, 7) is 0.253. The largest absolute Gasteiger partial charge is 0.490 e. The number of cyclic esters (lactones) is 1. The number of H-pyrrole nitrogens is 1. The van der Waals surface area contributed by atoms with Crippen molar-refractivity contribution in [3.63, 3.8) is 0 Å². The maximum absolute atomic E-state index is 12.6. The van der Waals surface area contributed by atoms with Gasteiger partial charge in [-0.1, -0.05) is 18.2 Å². The number of methoxy groups -OCH3 is 1. The summed E-state index contributed by atoms with van der Waals surface area (Å²) in [4.78, 5) is 23.6. The van der Waals surface area contributed by atoms with Crippen LogP contribution in [0.5, 0.6) is 5.75 Å². The van der Waals surface area contributed by atoms with Crippen LogP contribution in [0.1, 0.15) is 22.6 Å². The Kier molecular flexibility index (Phi) is 3.48. The lowest BCUT2D eigenvalue weighted by molar-refractivity contribution is -0.385. The zero-order valence-corrected chi connectivity index (χ0v) is 14.9. The standard InChI is InChI=1S/C20H15N3O5/c1-27-15-5-4-11(7-14(15)23(25)26)16-17-10(2-3-12-8-21-22-19(12)17)6-13-9-28-20(24)18(13)16/h2-5,7-8,16H,6,9H2,1H3,(H,21,22). The first-order chi connectivity index (χ1) is 13.6. The summed E-state index contributed by atoms with van der Waals surface area (Å²) in [5.41, 5.74) is 4.77. The minimum absolute atomic E-state index is 0.141. The summed E-state index contributed by atoms with van der Waals surface area (Å²) in [7, 11) is 1.39. The third-order valence-electron chi connectivity index (χ3n) is 5.44. The van der Waals surface area contributed by atoms with Gasteiger partial charge in [0, 0.05) is 17.4 Å². The van der Waals surface area contributed by atoms with E-state index in [1.54, 1.807) is 18.3 Å². The van der Waals surface area contributed by atoms with E-state index >= 15 is 0 Å². The average molecular weight is 377 g/mol. The first kappa shape index (κ1) is 16.5. The molecular weight excluding hydrogens is 362 g/mol. The summed E-state index contributed by atoms with van der Waals surface area (Å²) in [6, 6.07) is 8.80. The Morgan fingerprint density at radius 2 is 2.18 bits per heavy atom. The number of nitro benzene ring substituents is 1. The Bertz CT molecular complexity index is 1190. The number of carbonyl (C=O) groups excluding carboxylic acids is 1. The number of nitrogens with one attached hydrogen (secondary N) is 1. The van der Waals surface area contributed by atoms with Gasteiger partial charge in [0.05, 0.1) is 29.3 Å². The molecule has 0 fully saturated rings. The molecule has 2 aliphatic rings. The van der Waals surface area contributed by atoms with Crippen molar-refractivity contribution in [3.05, 3.63) is 74.5 Å². The molecule has 1 aliphatic heterocycles. The summed E-state index contributed by atoms with van der Waals surface area (Å²) >= 11 is 0. The van der Waals surface area contributed by atoms with Crippen LogP contribution in [0.4, 0.5) is 5.69 Å². The molecule has 5 rings (SSSR count). The van der Waals surface area contributed by atoms with Gasteiger partial charge in [-0.2, -0.15) is 5.10 Å². The van der Waals surface area contributed by atoms with Gasteiger partial charge in [-0.15, -0.1) is 0 Å². The summed E-state index contributed by atoms with van der Waals surface area (Å²) in [5.74, 6) is -0.670. The van der Waals surface area contributed by atoms with Crippen molar-refractivity contribution in [3.8, 4) is 5.75 Å². The van der Waals surface area contributed by atoms with Crippen LogP contribution in [-0.2, 0) is 16.0 Å². The molecule has 8 heteroatoms. The number of hydrogen-bond donors (Lipinski definition) is 1. The van der Waals surface area contributed by atoms with Gasteiger partial charge in [0.1, 0.15) is 6.61 Å². The molecular formula is C20H15N3O5. The van der Waals surface area contributed by atoms with Crippen LogP contribution >= 0.6 is 0 Å². The number of ether oxygens (including phenoxy) is 2. The maximum Gasteiger partial charge on any atom is 0.335 e. The predicted molar refractivity (Wildman–Crippen MR) is 99.3 cm³/mol. The van der Waals surface area contributed by atoms with Gasteiger partial charge in [0.15, 0.2) is 5.75 Å². The molecule has 0 saturated carbocycles. The van der Waals surface area contributed by atoms with Gasteiger partial charge >= 0.3 is 11.7 Å². The van der Waals surface area contributed by atoms with E-state index in [0.717, 1.165) is 27.6 Å². The Labute approximate surface area is 158 Å². The van der Waals surface area contributed by atoms with Crippen molar-refractivity contribution >= 4 is 22.6 Å². The minimum atomic E-state index is -0.481. The Morgan fingerprint density at radius 1 is 1.32 bits per heavy atom. The van der Waals surface area contributed by atoms with Crippen LogP contribution < -0.4 is 4.74 Å². The summed E-state index contributed by atoms with van der Waals surface area (Å²) < 4.78 is 10.4. The van der Waals surface area contributed by atoms with Gasteiger partial charge in [0.25, 0.3) is 0 Å². The Hall–Kier alpha value is -3.68. The topological polar surface area (TPSA) is 107 Å². The highest BCUT2D eigenvalue weighted by atomic mass is 16.6. The summed E-state index contributed by atoms with van der Waals surface area (Å²) in [6.07, 6.45) is 2.33. The van der Waals surface area contributed by atoms with Crippen molar-refractivity contribution in [2.75, 3.05) is 13.7 Å². The molecule has 3 aromatic rings. The molecule has 0 amide bonds. The first-order valence-corrected chi connectivity index (χ1v) is 8.74. The maximum atomic E-state index is 12.6. The fraction of sp³-hybridized carbons (Fsp3) is 0.200. The van der Waals surface area contributed by atoms with E-state index in [0.29, 0.717) is 17.6 Å². The third-order valence-corrected chi connectivity index (χ3v) is 5.44. The van der Waals surface area contributed by atoms with Crippen molar-refractivity contribution < 1.29 is 19.2 Å². The minimum Gasteiger partial charge on any atom is -0.490 e. The summed E-state index contributed by atoms with van der Waals surface area (Å²) in [5, 5.41) is 19.6. The highest BCUT2D eigenvalue weighted by molar-refractivity contribution is 5.98. The smallest absolute Gasteiger partial charge is 0.335 e. The molecule has 8 nitrogen and oxygen atoms in total. The van der Waals surface area contributed by atoms with Crippen LogP contribution in [0.25, 0.3) is 10.9 Å². The number of aromatic nitrogens is 2. The molecule has 2 heterocycles. The third kappa shape index (κ3) is 2.24. The second-order valence-corrected chi connectivity index (χ2v) is 6.86. The zero-order chi connectivity index (χ0) is 19.4. The molecule has 0 radical (unpaired) electrons. The van der Waals surface area contributed by atoms with Crippen LogP contribution in [0.3, 0.4) is 0 Å². The fourth-order valence-corrected chi connectivity index (χ4v) is 4.22. The van der Waals surface area contributed by atoms with E-state index < -0.39 is 10.8 Å². The van der Waals surface area contributed by atoms with E-state index in [2.05, 4.69) is 10.2 Å². The number of esters is 1. The van der Waals surface area contributed by atoms with Crippen LogP contribution in [0, 0.1) is 10.1 Å². The Balaban J connectivity index is 1.80. The number of hydrogen-bond acceptors (Lipinski definition) is 6. The SMILES string of the molecule is COc1ccc(C2C3=C(COC3=O)Cc3ccc4cn[nH]c4c32)cc1[N+](=O)[O-]. The zero-order valence-electron chi connectivity index (χ0n) is 14.9. The molecule has 1 atom stereocenters. The van der Waals surface area contributed by atoms with Crippen molar-refractivity contribution in [1.82, 2.24) is 10.2 Å². The molecule has 1 aliphatic carbocycles. The van der Waals surface area contributed by atoms with E-state index in [4.69, 9.17) is 9.47 Å². The first-order valence-electron chi connectivity index (χ1n) is 8.74. The van der Waals surface area contributed by atoms with Gasteiger partial charge in [0.2, 0.25) is 0 Å². The van der Waals surface area contributed by atoms with Gasteiger partial charge in [-0.05, 0) is 34.8 Å². The van der Waals surface area contributed by atoms with Crippen molar-refractivity contribution in [1.29, 1.82) is 0 Å². The number of benzene rings is 2. The van der Waals surface area contributed by atoms with Crippen LogP contribution in [0.2, 0.25) is 0 Å². The number of nitrogens with zero attached hydrogens (tertiary/aromatic N) is 2. The average Bonchev–Trinajstić information content (AvgIpc) is 3.32. The molecule has 0 bridgehead atoms. The quantitative estimate of drug-likeness (QED) is 0.427. The normalized spacial score (nSPS) is 18.0. The van der Waals surface area contributed by atoms with E-state index in [-0.39, 0.29) is 24.0 Å². The van der Waals surface area contributed by atoms with Crippen molar-refractivity contribution in [2.24, 2.45) is 0 Å². The number of fused-ring (bicyclic) bond motifs is 3. The molecule has 1 unspecified atom stereocenters. The van der Waals surface area contributed by atoms with Crippen molar-refractivity contribution in [2.45, 2.75) is 12.3 Å². The monoisotopic (exact) mass is 377 g/mol. The Morgan fingerprint density at radius 3 is 2.96 bits per heavy atom. The van der Waals surface area contributed by atoms with Gasteiger partial charge < -0.3 is 9.47 Å². The molecule has 2 aromatic carbocycles. The molecule has 0 spiro atoms. The molecule has 0 saturated heterocycles. The molecule has 140 valence electrons. The van der Waals surface area contributed by atoms with Crippen LogP contribution in [0.15, 0.2) is 47.7 Å². The fourth-order valence-electron chi connectivity index (χ4n) is 4.22. The molecule has 1 N–H and O–H groups in total. The second-order valence-electron chi connectivity index (χ2n) is 6.86. The molecule has 28 heavy (non-hydrogen) atoms. The van der Waals surface area contributed by atoms with E-state index in [1.165, 1.54) is 13.2 Å². The number of rotatable bonds is 3. The van der Waals surface area contributed by atoms with E-state index in [1.807, 2.05) is 12.1 Å². The van der Waals surface area contributed by atoms with Gasteiger partial charge in [-0.3, -0.25) is 15.2 Å². The van der Waals surface area contributed by atoms with E-state index in [9.17, 15) is 14.9 Å². The second kappa shape index (κ2) is 5.91. The lowest BCUT2D eigenvalue weighted by Gasteiger charge is -2.27. The lowest BCUT2D eigenvalue weighted by atomic mass is 9.74. The highest BCUT2D eigenvalue weighted by Gasteiger charge is 2.40. The number of carbonyl (C=O) groups is 1. The predicted octanol–water partition coefficient (Wildman–Crippen LogP) is 3.02. The number of nitro groups is 1.